The summed E-state index contributed by atoms with van der Waals surface area (Å²) in [6, 6.07) is 8.24. The molecule has 1 aromatic rings. The summed E-state index contributed by atoms with van der Waals surface area (Å²) in [7, 11) is 0. The molecule has 5 heteroatoms. The first kappa shape index (κ1) is 24.0. The van der Waals surface area contributed by atoms with Crippen molar-refractivity contribution < 1.29 is 36.4 Å². The molecule has 0 amide bonds. The van der Waals surface area contributed by atoms with Crippen LogP contribution in [0.25, 0.3) is 0 Å². The molecule has 1 N–H and O–H groups in total. The third-order valence-electron chi connectivity index (χ3n) is 2.99. The molecule has 0 unspecified atom stereocenters. The van der Waals surface area contributed by atoms with Crippen molar-refractivity contribution in [3.05, 3.63) is 55.3 Å². The van der Waals surface area contributed by atoms with Gasteiger partial charge in [-0.3, -0.25) is 0 Å². The average Bonchev–Trinajstić information content (AvgIpc) is 2.94. The Kier molecular flexibility index (Phi) is 17.2. The minimum atomic E-state index is -0.522. The van der Waals surface area contributed by atoms with Gasteiger partial charge in [0.25, 0.3) is 0 Å². The van der Waals surface area contributed by atoms with Crippen LogP contribution in [0.3, 0.4) is 0 Å². The van der Waals surface area contributed by atoms with Gasteiger partial charge in [0.1, 0.15) is 0 Å². The van der Waals surface area contributed by atoms with Gasteiger partial charge in [0.15, 0.2) is 0 Å². The molecule has 1 saturated carbocycles. The second kappa shape index (κ2) is 14.3. The van der Waals surface area contributed by atoms with E-state index >= 15 is 0 Å². The summed E-state index contributed by atoms with van der Waals surface area (Å²) >= 11 is 0. The Balaban J connectivity index is -0.000000368. The van der Waals surface area contributed by atoms with E-state index in [1.807, 2.05) is 12.1 Å². The van der Waals surface area contributed by atoms with Gasteiger partial charge in [-0.25, -0.2) is 0 Å². The average molecular weight is 312 g/mol. The number of hydrogen-bond donors (Lipinski definition) is 1. The molecule has 106 valence electrons. The minimum absolute atomic E-state index is 0. The van der Waals surface area contributed by atoms with E-state index < -0.39 is 5.60 Å². The fourth-order valence-corrected chi connectivity index (χ4v) is 2.18. The Morgan fingerprint density at radius 2 is 1.45 bits per heavy atom. The van der Waals surface area contributed by atoms with E-state index in [1.54, 1.807) is 0 Å². The van der Waals surface area contributed by atoms with Gasteiger partial charge in [-0.15, -0.1) is 0 Å². The molecule has 1 fully saturated rings. The van der Waals surface area contributed by atoms with Crippen LogP contribution in [0.15, 0.2) is 24.3 Å². The van der Waals surface area contributed by atoms with E-state index in [0.717, 1.165) is 31.2 Å². The van der Waals surface area contributed by atoms with Gasteiger partial charge in [0.2, 0.25) is 0 Å². The molecule has 0 aromatic heterocycles. The van der Waals surface area contributed by atoms with Crippen LogP contribution in [0.1, 0.15) is 36.8 Å². The van der Waals surface area contributed by atoms with E-state index in [1.165, 1.54) is 5.56 Å². The van der Waals surface area contributed by atoms with Crippen LogP contribution >= 0.6 is 0 Å². The molecule has 0 heterocycles. The Morgan fingerprint density at radius 1 is 1.00 bits per heavy atom. The summed E-state index contributed by atoms with van der Waals surface area (Å²) < 4.78 is 22.5. The molecular weight excluding hydrogens is 296 g/mol. The monoisotopic (exact) mass is 312 g/mol. The molecule has 0 aliphatic heterocycles. The zero-order chi connectivity index (χ0) is 15.3. The molecule has 0 radical (unpaired) electrons. The number of rotatable bonds is 1. The summed E-state index contributed by atoms with van der Waals surface area (Å²) in [5.41, 5.74) is 1.81. The van der Waals surface area contributed by atoms with Crippen molar-refractivity contribution in [2.24, 2.45) is 0 Å². The number of aliphatic hydroxyl groups is 1. The van der Waals surface area contributed by atoms with Crippen LogP contribution in [0.5, 0.6) is 0 Å². The van der Waals surface area contributed by atoms with Crippen LogP contribution in [0, 0.1) is 26.9 Å². The van der Waals surface area contributed by atoms with E-state index in [-0.39, 0.29) is 17.4 Å². The SMILES string of the molecule is Cc1cccc(C2(O)CCCC2)c1.[C-]#[O+].[C-]#[O+].[C-]#[O+].[Cr]. The molecule has 1 aromatic carbocycles. The summed E-state index contributed by atoms with van der Waals surface area (Å²) in [5, 5.41) is 10.3. The second-order valence-corrected chi connectivity index (χ2v) is 4.11. The van der Waals surface area contributed by atoms with Crippen molar-refractivity contribution in [3.63, 3.8) is 0 Å². The molecule has 0 saturated heterocycles. The molecule has 1 aliphatic rings. The third kappa shape index (κ3) is 7.50. The number of benzene rings is 1. The van der Waals surface area contributed by atoms with Crippen LogP contribution in [0.4, 0.5) is 0 Å². The maximum Gasteiger partial charge on any atom is 0 e. The second-order valence-electron chi connectivity index (χ2n) is 4.11. The van der Waals surface area contributed by atoms with Crippen molar-refractivity contribution in [1.29, 1.82) is 0 Å². The van der Waals surface area contributed by atoms with Gasteiger partial charge in [0, 0.05) is 17.4 Å². The quantitative estimate of drug-likeness (QED) is 0.628. The minimum Gasteiger partial charge on any atom is 0 e. The first-order chi connectivity index (χ1) is 9.21. The standard InChI is InChI=1S/C12H16O.3CO.Cr/c1-10-5-4-6-11(9-10)12(13)7-2-3-8-12;3*1-2;/h4-6,9,13H,2-3,7-8H2,1H3;;;;. The van der Waals surface area contributed by atoms with E-state index in [0.29, 0.717) is 0 Å². The van der Waals surface area contributed by atoms with Crippen LogP contribution in [0.2, 0.25) is 0 Å². The zero-order valence-electron chi connectivity index (χ0n) is 11.2. The summed E-state index contributed by atoms with van der Waals surface area (Å²) in [4.78, 5) is 0. The molecular formula is C15H16CrO4. The largest absolute Gasteiger partial charge is 0 e. The maximum absolute atomic E-state index is 10.3. The van der Waals surface area contributed by atoms with Crippen molar-refractivity contribution in [1.82, 2.24) is 0 Å². The molecule has 2 rings (SSSR count). The molecule has 0 bridgehead atoms. The Hall–Kier alpha value is -1.07. The van der Waals surface area contributed by atoms with Crippen molar-refractivity contribution in [2.75, 3.05) is 0 Å². The first-order valence-electron chi connectivity index (χ1n) is 5.61. The molecule has 0 spiro atoms. The Morgan fingerprint density at radius 3 is 1.85 bits per heavy atom. The zero-order valence-corrected chi connectivity index (χ0v) is 12.5. The van der Waals surface area contributed by atoms with Gasteiger partial charge in [-0.1, -0.05) is 42.7 Å². The van der Waals surface area contributed by atoms with Crippen molar-refractivity contribution in [3.8, 4) is 0 Å². The topological polar surface area (TPSA) is 79.9 Å². The van der Waals surface area contributed by atoms with E-state index in [4.69, 9.17) is 14.0 Å². The third-order valence-corrected chi connectivity index (χ3v) is 2.99. The maximum atomic E-state index is 10.3. The Labute approximate surface area is 130 Å². The van der Waals surface area contributed by atoms with Crippen molar-refractivity contribution >= 4 is 0 Å². The Bertz CT molecular complexity index is 403. The van der Waals surface area contributed by atoms with Gasteiger partial charge < -0.3 is 5.11 Å². The molecule has 4 nitrogen and oxygen atoms in total. The van der Waals surface area contributed by atoms with Gasteiger partial charge >= 0.3 is 33.9 Å². The van der Waals surface area contributed by atoms with Crippen molar-refractivity contribution in [2.45, 2.75) is 38.2 Å². The van der Waals surface area contributed by atoms with Crippen LogP contribution < -0.4 is 0 Å². The first-order valence-corrected chi connectivity index (χ1v) is 5.61. The number of aryl methyl sites for hydroxylation is 1. The number of hydrogen-bond acceptors (Lipinski definition) is 1. The summed E-state index contributed by atoms with van der Waals surface area (Å²) in [5.74, 6) is 0. The van der Waals surface area contributed by atoms with E-state index in [2.05, 4.69) is 39.0 Å². The van der Waals surface area contributed by atoms with E-state index in [9.17, 15) is 5.11 Å². The molecule has 0 atom stereocenters. The fraction of sp³-hybridized carbons (Fsp3) is 0.400. The predicted octanol–water partition coefficient (Wildman–Crippen LogP) is 2.64. The molecule has 1 aliphatic carbocycles. The predicted molar refractivity (Wildman–Crippen MR) is 65.3 cm³/mol. The smallest absolute Gasteiger partial charge is 0 e. The summed E-state index contributed by atoms with van der Waals surface area (Å²) in [6.07, 6.45) is 4.17. The van der Waals surface area contributed by atoms with Gasteiger partial charge in [0.05, 0.1) is 5.60 Å². The van der Waals surface area contributed by atoms with Crippen LogP contribution in [-0.2, 0) is 36.9 Å². The normalized spacial score (nSPS) is 13.6. The molecule has 20 heavy (non-hydrogen) atoms. The van der Waals surface area contributed by atoms with Crippen LogP contribution in [-0.4, -0.2) is 5.11 Å². The van der Waals surface area contributed by atoms with Gasteiger partial charge in [-0.2, -0.15) is 0 Å². The summed E-state index contributed by atoms with van der Waals surface area (Å²) in [6.45, 7) is 15.6. The fourth-order valence-electron chi connectivity index (χ4n) is 2.18. The van der Waals surface area contributed by atoms with Gasteiger partial charge in [-0.05, 0) is 25.3 Å².